The highest BCUT2D eigenvalue weighted by atomic mass is 16.5. The summed E-state index contributed by atoms with van der Waals surface area (Å²) in [5, 5.41) is 7.16. The number of rotatable bonds is 5. The van der Waals surface area contributed by atoms with E-state index < -0.39 is 11.0 Å². The van der Waals surface area contributed by atoms with Crippen LogP contribution in [0, 0.1) is 5.41 Å². The summed E-state index contributed by atoms with van der Waals surface area (Å²) in [6.45, 7) is 8.95. The first kappa shape index (κ1) is 16.0. The lowest BCUT2D eigenvalue weighted by molar-refractivity contribution is -0.126. The van der Waals surface area contributed by atoms with E-state index in [4.69, 9.17) is 10.5 Å². The van der Waals surface area contributed by atoms with Crippen molar-refractivity contribution in [3.8, 4) is 0 Å². The van der Waals surface area contributed by atoms with Gasteiger partial charge in [-0.2, -0.15) is 5.10 Å². The number of hydrogen-bond donors (Lipinski definition) is 2. The van der Waals surface area contributed by atoms with Crippen LogP contribution in [0.3, 0.4) is 0 Å². The molecule has 0 radical (unpaired) electrons. The fourth-order valence-electron chi connectivity index (χ4n) is 2.10. The Kier molecular flexibility index (Phi) is 4.39. The largest absolute Gasteiger partial charge is 0.376 e. The van der Waals surface area contributed by atoms with Crippen LogP contribution in [0.15, 0.2) is 12.4 Å². The van der Waals surface area contributed by atoms with Gasteiger partial charge in [0, 0.05) is 18.3 Å². The highest BCUT2D eigenvalue weighted by Gasteiger charge is 2.40. The van der Waals surface area contributed by atoms with Crippen molar-refractivity contribution in [1.82, 2.24) is 9.78 Å². The summed E-state index contributed by atoms with van der Waals surface area (Å²) >= 11 is 0. The van der Waals surface area contributed by atoms with Crippen molar-refractivity contribution in [2.45, 2.75) is 58.7 Å². The molecule has 6 heteroatoms. The molecule has 1 aromatic rings. The molecule has 21 heavy (non-hydrogen) atoms. The number of nitrogens with two attached hydrogens (primary N) is 1. The fourth-order valence-corrected chi connectivity index (χ4v) is 2.10. The zero-order valence-electron chi connectivity index (χ0n) is 13.3. The molecule has 0 aliphatic carbocycles. The van der Waals surface area contributed by atoms with Crippen LogP contribution in [0.1, 0.15) is 40.5 Å². The quantitative estimate of drug-likeness (QED) is 0.867. The molecule has 1 unspecified atom stereocenters. The lowest BCUT2D eigenvalue weighted by atomic mass is 9.74. The maximum atomic E-state index is 12.4. The molecular weight excluding hydrogens is 268 g/mol. The molecular formula is C15H26N4O2. The van der Waals surface area contributed by atoms with Gasteiger partial charge in [0.1, 0.15) is 0 Å². The molecule has 1 aromatic heterocycles. The molecule has 3 N–H and O–H groups in total. The number of hydrogen-bond acceptors (Lipinski definition) is 4. The summed E-state index contributed by atoms with van der Waals surface area (Å²) in [4.78, 5) is 12.4. The normalized spacial score (nSPS) is 19.8. The predicted octanol–water partition coefficient (Wildman–Crippen LogP) is 1.76. The topological polar surface area (TPSA) is 82.2 Å². The van der Waals surface area contributed by atoms with Crippen LogP contribution >= 0.6 is 0 Å². The van der Waals surface area contributed by atoms with Crippen LogP contribution in [-0.4, -0.2) is 33.9 Å². The molecule has 1 aliphatic rings. The second kappa shape index (κ2) is 5.77. The maximum absolute atomic E-state index is 12.4. The number of aromatic nitrogens is 2. The van der Waals surface area contributed by atoms with E-state index in [2.05, 4.69) is 10.4 Å². The Labute approximate surface area is 126 Å². The molecule has 0 spiro atoms. The van der Waals surface area contributed by atoms with E-state index in [9.17, 15) is 4.79 Å². The number of carbonyl (C=O) groups is 1. The van der Waals surface area contributed by atoms with E-state index in [-0.39, 0.29) is 12.0 Å². The molecule has 1 amide bonds. The molecule has 0 aromatic carbocycles. The van der Waals surface area contributed by atoms with Crippen molar-refractivity contribution >= 4 is 11.6 Å². The van der Waals surface area contributed by atoms with Gasteiger partial charge in [-0.25, -0.2) is 0 Å². The van der Waals surface area contributed by atoms with Crippen LogP contribution in [0.2, 0.25) is 0 Å². The minimum atomic E-state index is -0.677. The lowest BCUT2D eigenvalue weighted by Crippen LogP contribution is -2.53. The van der Waals surface area contributed by atoms with Gasteiger partial charge in [0.15, 0.2) is 0 Å². The SMILES string of the molecule is CC(C)(N)C(C)(C)C(=O)Nc1cnn(CC2CCCO2)c1. The molecule has 1 aliphatic heterocycles. The van der Waals surface area contributed by atoms with Crippen LogP contribution in [0.5, 0.6) is 0 Å². The first-order valence-corrected chi connectivity index (χ1v) is 7.44. The number of anilines is 1. The Bertz CT molecular complexity index is 496. The predicted molar refractivity (Wildman–Crippen MR) is 81.9 cm³/mol. The van der Waals surface area contributed by atoms with Crippen LogP contribution < -0.4 is 11.1 Å². The zero-order chi connectivity index (χ0) is 15.7. The molecule has 1 atom stereocenters. The van der Waals surface area contributed by atoms with E-state index >= 15 is 0 Å². The van der Waals surface area contributed by atoms with E-state index in [1.54, 1.807) is 6.20 Å². The van der Waals surface area contributed by atoms with Gasteiger partial charge < -0.3 is 15.8 Å². The summed E-state index contributed by atoms with van der Waals surface area (Å²) < 4.78 is 7.39. The number of ether oxygens (including phenoxy) is 1. The number of nitrogens with zero attached hydrogens (tertiary/aromatic N) is 2. The van der Waals surface area contributed by atoms with Gasteiger partial charge in [-0.05, 0) is 40.5 Å². The van der Waals surface area contributed by atoms with Crippen molar-refractivity contribution in [3.05, 3.63) is 12.4 Å². The number of nitrogens with one attached hydrogen (secondary N) is 1. The Morgan fingerprint density at radius 2 is 2.24 bits per heavy atom. The third kappa shape index (κ3) is 3.63. The molecule has 6 nitrogen and oxygen atoms in total. The Morgan fingerprint density at radius 3 is 2.81 bits per heavy atom. The average molecular weight is 294 g/mol. The second-order valence-corrected chi connectivity index (χ2v) is 6.89. The van der Waals surface area contributed by atoms with Gasteiger partial charge in [0.2, 0.25) is 5.91 Å². The molecule has 0 bridgehead atoms. The molecule has 1 fully saturated rings. The van der Waals surface area contributed by atoms with Crippen LogP contribution in [-0.2, 0) is 16.1 Å². The third-order valence-electron chi connectivity index (χ3n) is 4.48. The van der Waals surface area contributed by atoms with Crippen molar-refractivity contribution in [2.75, 3.05) is 11.9 Å². The van der Waals surface area contributed by atoms with Crippen LogP contribution in [0.4, 0.5) is 5.69 Å². The smallest absolute Gasteiger partial charge is 0.231 e. The van der Waals surface area contributed by atoms with Crippen molar-refractivity contribution in [2.24, 2.45) is 11.1 Å². The van der Waals surface area contributed by atoms with Crippen molar-refractivity contribution < 1.29 is 9.53 Å². The summed E-state index contributed by atoms with van der Waals surface area (Å²) in [7, 11) is 0. The lowest BCUT2D eigenvalue weighted by Gasteiger charge is -2.36. The molecule has 118 valence electrons. The van der Waals surface area contributed by atoms with Gasteiger partial charge in [-0.3, -0.25) is 9.48 Å². The molecule has 1 saturated heterocycles. The minimum absolute atomic E-state index is 0.105. The molecule has 2 heterocycles. The average Bonchev–Trinajstić information content (AvgIpc) is 3.00. The maximum Gasteiger partial charge on any atom is 0.231 e. The van der Waals surface area contributed by atoms with Gasteiger partial charge in [0.05, 0.1) is 29.9 Å². The molecule has 2 rings (SSSR count). The minimum Gasteiger partial charge on any atom is -0.376 e. The number of amides is 1. The van der Waals surface area contributed by atoms with Gasteiger partial charge in [-0.15, -0.1) is 0 Å². The fraction of sp³-hybridized carbons (Fsp3) is 0.733. The Balaban J connectivity index is 1.97. The van der Waals surface area contributed by atoms with E-state index in [0.29, 0.717) is 5.69 Å². The first-order chi connectivity index (χ1) is 9.70. The standard InChI is InChI=1S/C15H26N4O2/c1-14(2,15(3,4)16)13(20)18-11-8-17-19(9-11)10-12-6-5-7-21-12/h8-9,12H,5-7,10,16H2,1-4H3,(H,18,20). The summed E-state index contributed by atoms with van der Waals surface area (Å²) in [5.74, 6) is -0.105. The monoisotopic (exact) mass is 294 g/mol. The van der Waals surface area contributed by atoms with Crippen LogP contribution in [0.25, 0.3) is 0 Å². The van der Waals surface area contributed by atoms with Gasteiger partial charge >= 0.3 is 0 Å². The second-order valence-electron chi connectivity index (χ2n) is 6.89. The van der Waals surface area contributed by atoms with Gasteiger partial charge in [0.25, 0.3) is 0 Å². The summed E-state index contributed by atoms with van der Waals surface area (Å²) in [6.07, 6.45) is 5.89. The first-order valence-electron chi connectivity index (χ1n) is 7.44. The Hall–Kier alpha value is -1.40. The Morgan fingerprint density at radius 1 is 1.52 bits per heavy atom. The van der Waals surface area contributed by atoms with Crippen molar-refractivity contribution in [3.63, 3.8) is 0 Å². The third-order valence-corrected chi connectivity index (χ3v) is 4.48. The van der Waals surface area contributed by atoms with E-state index in [0.717, 1.165) is 26.0 Å². The zero-order valence-corrected chi connectivity index (χ0v) is 13.3. The highest BCUT2D eigenvalue weighted by Crippen LogP contribution is 2.29. The summed E-state index contributed by atoms with van der Waals surface area (Å²) in [5.41, 5.74) is 5.49. The van der Waals surface area contributed by atoms with E-state index in [1.165, 1.54) is 0 Å². The molecule has 0 saturated carbocycles. The number of carbonyl (C=O) groups excluding carboxylic acids is 1. The van der Waals surface area contributed by atoms with E-state index in [1.807, 2.05) is 38.6 Å². The summed E-state index contributed by atoms with van der Waals surface area (Å²) in [6, 6.07) is 0. The van der Waals surface area contributed by atoms with Gasteiger partial charge in [-0.1, -0.05) is 0 Å². The van der Waals surface area contributed by atoms with Crippen molar-refractivity contribution in [1.29, 1.82) is 0 Å². The highest BCUT2D eigenvalue weighted by molar-refractivity contribution is 5.95.